The number of aryl methyl sites for hydroxylation is 1. The molecule has 0 saturated heterocycles. The minimum atomic E-state index is -4.52. The number of hydrogen-bond acceptors (Lipinski definition) is 2. The van der Waals surface area contributed by atoms with Crippen molar-refractivity contribution in [3.63, 3.8) is 0 Å². The third kappa shape index (κ3) is 2.96. The predicted molar refractivity (Wildman–Crippen MR) is 69.2 cm³/mol. The Morgan fingerprint density at radius 3 is 2.48 bits per heavy atom. The molecule has 0 saturated carbocycles. The topological polar surface area (TPSA) is 70.2 Å². The van der Waals surface area contributed by atoms with Crippen LogP contribution >= 0.6 is 0 Å². The standard InChI is InChI=1S/C14H10F3NO3/c1-7-5-10(12(19)18-11(7)13(20)21)8-3-2-4-9(6-8)14(15,16)17/h2-6H,1H3,(H,18,19)(H,20,21). The van der Waals surface area contributed by atoms with E-state index in [9.17, 15) is 22.8 Å². The fourth-order valence-corrected chi connectivity index (χ4v) is 1.93. The number of halogens is 3. The van der Waals surface area contributed by atoms with Crippen LogP contribution in [0.2, 0.25) is 0 Å². The van der Waals surface area contributed by atoms with E-state index in [-0.39, 0.29) is 22.4 Å². The van der Waals surface area contributed by atoms with E-state index in [0.29, 0.717) is 0 Å². The lowest BCUT2D eigenvalue weighted by molar-refractivity contribution is -0.137. The van der Waals surface area contributed by atoms with E-state index in [1.165, 1.54) is 25.1 Å². The molecule has 0 atom stereocenters. The molecule has 7 heteroatoms. The average molecular weight is 297 g/mol. The Hall–Kier alpha value is -2.57. The Bertz CT molecular complexity index is 763. The van der Waals surface area contributed by atoms with Gasteiger partial charge in [0.1, 0.15) is 5.69 Å². The monoisotopic (exact) mass is 297 g/mol. The number of rotatable bonds is 2. The number of aromatic carboxylic acids is 1. The maximum absolute atomic E-state index is 12.7. The number of benzene rings is 1. The summed E-state index contributed by atoms with van der Waals surface area (Å²) in [5.74, 6) is -1.31. The fraction of sp³-hybridized carbons (Fsp3) is 0.143. The third-order valence-corrected chi connectivity index (χ3v) is 2.95. The molecule has 0 unspecified atom stereocenters. The minimum absolute atomic E-state index is 0.0106. The number of aromatic amines is 1. The maximum atomic E-state index is 12.7. The number of H-pyrrole nitrogens is 1. The molecule has 0 bridgehead atoms. The van der Waals surface area contributed by atoms with Gasteiger partial charge in [-0.15, -0.1) is 0 Å². The van der Waals surface area contributed by atoms with Crippen LogP contribution in [0.15, 0.2) is 35.1 Å². The van der Waals surface area contributed by atoms with Gasteiger partial charge >= 0.3 is 12.1 Å². The highest BCUT2D eigenvalue weighted by atomic mass is 19.4. The molecule has 0 aliphatic carbocycles. The van der Waals surface area contributed by atoms with Crippen LogP contribution in [0.4, 0.5) is 13.2 Å². The average Bonchev–Trinajstić information content (AvgIpc) is 2.40. The number of carbonyl (C=O) groups is 1. The number of carboxylic acids is 1. The van der Waals surface area contributed by atoms with E-state index in [4.69, 9.17) is 5.11 Å². The largest absolute Gasteiger partial charge is 0.477 e. The smallest absolute Gasteiger partial charge is 0.416 e. The van der Waals surface area contributed by atoms with Crippen LogP contribution in [0.1, 0.15) is 21.6 Å². The van der Waals surface area contributed by atoms with Crippen LogP contribution in [0.25, 0.3) is 11.1 Å². The highest BCUT2D eigenvalue weighted by molar-refractivity contribution is 5.87. The minimum Gasteiger partial charge on any atom is -0.477 e. The van der Waals surface area contributed by atoms with Crippen LogP contribution in [-0.2, 0) is 6.18 Å². The second-order valence-electron chi connectivity index (χ2n) is 4.45. The quantitative estimate of drug-likeness (QED) is 0.895. The van der Waals surface area contributed by atoms with Gasteiger partial charge in [0.15, 0.2) is 0 Å². The number of carboxylic acid groups (broad SMARTS) is 1. The molecule has 0 fully saturated rings. The first-order valence-corrected chi connectivity index (χ1v) is 5.85. The first-order chi connectivity index (χ1) is 9.70. The summed E-state index contributed by atoms with van der Waals surface area (Å²) in [5.41, 5.74) is -1.59. The van der Waals surface area contributed by atoms with Gasteiger partial charge in [-0.3, -0.25) is 4.79 Å². The summed E-state index contributed by atoms with van der Waals surface area (Å²) >= 11 is 0. The van der Waals surface area contributed by atoms with E-state index < -0.39 is 23.3 Å². The normalized spacial score (nSPS) is 11.4. The molecule has 2 rings (SSSR count). The SMILES string of the molecule is Cc1cc(-c2cccc(C(F)(F)F)c2)c(=O)[nH]c1C(=O)O. The van der Waals surface area contributed by atoms with Crippen molar-refractivity contribution in [1.82, 2.24) is 4.98 Å². The number of alkyl halides is 3. The summed E-state index contributed by atoms with van der Waals surface area (Å²) < 4.78 is 38.0. The van der Waals surface area contributed by atoms with E-state index >= 15 is 0 Å². The van der Waals surface area contributed by atoms with Crippen molar-refractivity contribution in [2.45, 2.75) is 13.1 Å². The summed E-state index contributed by atoms with van der Waals surface area (Å²) in [4.78, 5) is 24.9. The Balaban J connectivity index is 2.61. The van der Waals surface area contributed by atoms with Crippen LogP contribution in [0.5, 0.6) is 0 Å². The van der Waals surface area contributed by atoms with Gasteiger partial charge in [0, 0.05) is 5.56 Å². The van der Waals surface area contributed by atoms with Crippen molar-refractivity contribution in [3.8, 4) is 11.1 Å². The number of aromatic nitrogens is 1. The van der Waals surface area contributed by atoms with Gasteiger partial charge in [-0.1, -0.05) is 12.1 Å². The molecule has 110 valence electrons. The Kier molecular flexibility index (Phi) is 3.59. The highest BCUT2D eigenvalue weighted by Crippen LogP contribution is 2.31. The van der Waals surface area contributed by atoms with E-state index in [1.54, 1.807) is 0 Å². The van der Waals surface area contributed by atoms with Gasteiger partial charge in [-0.25, -0.2) is 4.79 Å². The lowest BCUT2D eigenvalue weighted by atomic mass is 10.0. The second-order valence-corrected chi connectivity index (χ2v) is 4.45. The van der Waals surface area contributed by atoms with Crippen molar-refractivity contribution in [2.24, 2.45) is 0 Å². The Labute approximate surface area is 116 Å². The van der Waals surface area contributed by atoms with E-state index in [1.807, 2.05) is 0 Å². The predicted octanol–water partition coefficient (Wildman–Crippen LogP) is 3.07. The van der Waals surface area contributed by atoms with Gasteiger partial charge in [0.25, 0.3) is 5.56 Å². The molecule has 1 heterocycles. The molecular weight excluding hydrogens is 287 g/mol. The zero-order valence-corrected chi connectivity index (χ0v) is 10.8. The first-order valence-electron chi connectivity index (χ1n) is 5.85. The lowest BCUT2D eigenvalue weighted by Gasteiger charge is -2.09. The molecule has 21 heavy (non-hydrogen) atoms. The number of pyridine rings is 1. The summed E-state index contributed by atoms with van der Waals surface area (Å²) in [6.07, 6.45) is -4.52. The third-order valence-electron chi connectivity index (χ3n) is 2.95. The zero-order chi connectivity index (χ0) is 15.8. The van der Waals surface area contributed by atoms with Gasteiger partial charge in [0.05, 0.1) is 5.56 Å². The van der Waals surface area contributed by atoms with Crippen molar-refractivity contribution >= 4 is 5.97 Å². The molecule has 1 aromatic carbocycles. The summed E-state index contributed by atoms with van der Waals surface area (Å²) in [5, 5.41) is 8.88. The summed E-state index contributed by atoms with van der Waals surface area (Å²) in [6.45, 7) is 1.45. The number of nitrogens with one attached hydrogen (secondary N) is 1. The number of hydrogen-bond donors (Lipinski definition) is 2. The van der Waals surface area contributed by atoms with Gasteiger partial charge < -0.3 is 10.1 Å². The maximum Gasteiger partial charge on any atom is 0.416 e. The molecule has 2 aromatic rings. The van der Waals surface area contributed by atoms with Crippen molar-refractivity contribution < 1.29 is 23.1 Å². The lowest BCUT2D eigenvalue weighted by Crippen LogP contribution is -2.16. The molecule has 4 nitrogen and oxygen atoms in total. The molecule has 1 aromatic heterocycles. The summed E-state index contributed by atoms with van der Waals surface area (Å²) in [7, 11) is 0. The van der Waals surface area contributed by atoms with Gasteiger partial charge in [-0.2, -0.15) is 13.2 Å². The highest BCUT2D eigenvalue weighted by Gasteiger charge is 2.30. The molecule has 0 aliphatic rings. The van der Waals surface area contributed by atoms with E-state index in [2.05, 4.69) is 4.98 Å². The van der Waals surface area contributed by atoms with Crippen LogP contribution in [-0.4, -0.2) is 16.1 Å². The second kappa shape index (κ2) is 5.08. The molecule has 0 aliphatic heterocycles. The van der Waals surface area contributed by atoms with E-state index in [0.717, 1.165) is 12.1 Å². The molecule has 0 amide bonds. The van der Waals surface area contributed by atoms with Crippen molar-refractivity contribution in [2.75, 3.05) is 0 Å². The van der Waals surface area contributed by atoms with Gasteiger partial charge in [0.2, 0.25) is 0 Å². The Morgan fingerprint density at radius 1 is 1.24 bits per heavy atom. The fourth-order valence-electron chi connectivity index (χ4n) is 1.93. The molecule has 0 spiro atoms. The molecular formula is C14H10F3NO3. The van der Waals surface area contributed by atoms with Crippen LogP contribution < -0.4 is 5.56 Å². The zero-order valence-electron chi connectivity index (χ0n) is 10.8. The summed E-state index contributed by atoms with van der Waals surface area (Å²) in [6, 6.07) is 5.57. The van der Waals surface area contributed by atoms with Crippen molar-refractivity contribution in [1.29, 1.82) is 0 Å². The molecule has 2 N–H and O–H groups in total. The van der Waals surface area contributed by atoms with Gasteiger partial charge in [-0.05, 0) is 36.2 Å². The Morgan fingerprint density at radius 2 is 1.90 bits per heavy atom. The van der Waals surface area contributed by atoms with Crippen molar-refractivity contribution in [3.05, 3.63) is 57.5 Å². The van der Waals surface area contributed by atoms with Crippen LogP contribution in [0, 0.1) is 6.92 Å². The molecule has 0 radical (unpaired) electrons. The first kappa shape index (κ1) is 14.8. The van der Waals surface area contributed by atoms with Crippen LogP contribution in [0.3, 0.4) is 0 Å².